The highest BCUT2D eigenvalue weighted by atomic mass is 19.1. The molecule has 0 aromatic carbocycles. The third kappa shape index (κ3) is 1.99. The van der Waals surface area contributed by atoms with E-state index in [-0.39, 0.29) is 0 Å². The summed E-state index contributed by atoms with van der Waals surface area (Å²) >= 11 is 0. The maximum absolute atomic E-state index is 12.6. The van der Waals surface area contributed by atoms with Gasteiger partial charge in [-0.1, -0.05) is 0 Å². The van der Waals surface area contributed by atoms with Crippen molar-refractivity contribution >= 4 is 0 Å². The van der Waals surface area contributed by atoms with E-state index in [4.69, 9.17) is 5.73 Å². The molecule has 0 radical (unpaired) electrons. The van der Waals surface area contributed by atoms with Gasteiger partial charge in [0.1, 0.15) is 5.82 Å². The summed E-state index contributed by atoms with van der Waals surface area (Å²) in [4.78, 5) is 3.60. The third-order valence-corrected chi connectivity index (χ3v) is 1.57. The second-order valence-corrected chi connectivity index (χ2v) is 2.74. The summed E-state index contributed by atoms with van der Waals surface area (Å²) in [6.07, 6.45) is 1.63. The molecule has 1 aromatic rings. The Balaban J connectivity index is 2.88. The van der Waals surface area contributed by atoms with Crippen molar-refractivity contribution < 1.29 is 9.50 Å². The number of aliphatic hydroxyl groups excluding tert-OH is 1. The monoisotopic (exact) mass is 170 g/mol. The van der Waals surface area contributed by atoms with Crippen LogP contribution in [0.25, 0.3) is 0 Å². The molecule has 1 heterocycles. The van der Waals surface area contributed by atoms with E-state index in [1.165, 1.54) is 12.3 Å². The van der Waals surface area contributed by atoms with E-state index in [1.807, 2.05) is 0 Å². The number of nitrogens with zero attached hydrogens (tertiary/aromatic N) is 1. The SMILES string of the molecule is C[C@H](N)[C@@H](O)c1cncc(F)c1. The predicted molar refractivity (Wildman–Crippen MR) is 42.8 cm³/mol. The van der Waals surface area contributed by atoms with Gasteiger partial charge in [-0.25, -0.2) is 4.39 Å². The molecule has 0 aliphatic carbocycles. The van der Waals surface area contributed by atoms with E-state index in [2.05, 4.69) is 4.98 Å². The molecule has 66 valence electrons. The minimum atomic E-state index is -0.854. The molecule has 0 aliphatic heterocycles. The van der Waals surface area contributed by atoms with Crippen molar-refractivity contribution in [3.63, 3.8) is 0 Å². The van der Waals surface area contributed by atoms with Crippen LogP contribution >= 0.6 is 0 Å². The summed E-state index contributed by atoms with van der Waals surface area (Å²) in [5.74, 6) is -0.466. The lowest BCUT2D eigenvalue weighted by molar-refractivity contribution is 0.152. The minimum absolute atomic E-state index is 0.407. The topological polar surface area (TPSA) is 59.1 Å². The zero-order valence-electron chi connectivity index (χ0n) is 6.74. The fourth-order valence-corrected chi connectivity index (χ4v) is 0.894. The smallest absolute Gasteiger partial charge is 0.141 e. The molecule has 3 N–H and O–H groups in total. The lowest BCUT2D eigenvalue weighted by atomic mass is 10.1. The fourth-order valence-electron chi connectivity index (χ4n) is 0.894. The summed E-state index contributed by atoms with van der Waals surface area (Å²) in [5, 5.41) is 9.39. The van der Waals surface area contributed by atoms with Gasteiger partial charge in [-0.3, -0.25) is 4.98 Å². The average molecular weight is 170 g/mol. The number of nitrogens with two attached hydrogens (primary N) is 1. The molecule has 0 amide bonds. The largest absolute Gasteiger partial charge is 0.387 e. The summed E-state index contributed by atoms with van der Waals surface area (Å²) in [6.45, 7) is 1.65. The summed E-state index contributed by atoms with van der Waals surface area (Å²) in [7, 11) is 0. The Morgan fingerprint density at radius 3 is 2.75 bits per heavy atom. The van der Waals surface area contributed by atoms with Gasteiger partial charge in [0.25, 0.3) is 0 Å². The fraction of sp³-hybridized carbons (Fsp3) is 0.375. The summed E-state index contributed by atoms with van der Waals surface area (Å²) in [6, 6.07) is 0.801. The van der Waals surface area contributed by atoms with Gasteiger partial charge in [-0.15, -0.1) is 0 Å². The van der Waals surface area contributed by atoms with Crippen LogP contribution in [0.2, 0.25) is 0 Å². The van der Waals surface area contributed by atoms with Gasteiger partial charge < -0.3 is 10.8 Å². The van der Waals surface area contributed by atoms with Crippen LogP contribution in [0.3, 0.4) is 0 Å². The summed E-state index contributed by atoms with van der Waals surface area (Å²) < 4.78 is 12.6. The minimum Gasteiger partial charge on any atom is -0.387 e. The first-order valence-corrected chi connectivity index (χ1v) is 3.65. The van der Waals surface area contributed by atoms with Gasteiger partial charge in [-0.05, 0) is 13.0 Å². The van der Waals surface area contributed by atoms with Crippen LogP contribution in [0.1, 0.15) is 18.6 Å². The number of hydrogen-bond acceptors (Lipinski definition) is 3. The molecule has 0 spiro atoms. The van der Waals surface area contributed by atoms with Gasteiger partial charge in [0, 0.05) is 17.8 Å². The molecule has 0 aliphatic rings. The normalized spacial score (nSPS) is 15.7. The van der Waals surface area contributed by atoms with E-state index < -0.39 is 18.0 Å². The van der Waals surface area contributed by atoms with Gasteiger partial charge in [0.15, 0.2) is 0 Å². The van der Waals surface area contributed by atoms with E-state index >= 15 is 0 Å². The van der Waals surface area contributed by atoms with Crippen LogP contribution in [0.5, 0.6) is 0 Å². The lowest BCUT2D eigenvalue weighted by Crippen LogP contribution is -2.24. The molecule has 0 bridgehead atoms. The molecule has 0 saturated carbocycles. The van der Waals surface area contributed by atoms with E-state index in [1.54, 1.807) is 6.92 Å². The van der Waals surface area contributed by atoms with E-state index in [9.17, 15) is 9.50 Å². The maximum atomic E-state index is 12.6. The number of halogens is 1. The molecule has 12 heavy (non-hydrogen) atoms. The van der Waals surface area contributed by atoms with Crippen molar-refractivity contribution in [1.29, 1.82) is 0 Å². The number of aromatic nitrogens is 1. The molecule has 2 atom stereocenters. The van der Waals surface area contributed by atoms with Crippen LogP contribution in [0.4, 0.5) is 4.39 Å². The van der Waals surface area contributed by atoms with E-state index in [0.717, 1.165) is 6.20 Å². The first kappa shape index (κ1) is 9.09. The molecule has 0 fully saturated rings. The second kappa shape index (κ2) is 3.60. The van der Waals surface area contributed by atoms with Gasteiger partial charge in [-0.2, -0.15) is 0 Å². The highest BCUT2D eigenvalue weighted by Crippen LogP contribution is 2.14. The molecular weight excluding hydrogens is 159 g/mol. The Bertz CT molecular complexity index is 265. The lowest BCUT2D eigenvalue weighted by Gasteiger charge is -2.13. The Morgan fingerprint density at radius 1 is 1.58 bits per heavy atom. The highest BCUT2D eigenvalue weighted by Gasteiger charge is 2.12. The molecule has 1 rings (SSSR count). The Morgan fingerprint density at radius 2 is 2.25 bits per heavy atom. The third-order valence-electron chi connectivity index (χ3n) is 1.57. The highest BCUT2D eigenvalue weighted by molar-refractivity contribution is 5.14. The molecule has 3 nitrogen and oxygen atoms in total. The quantitative estimate of drug-likeness (QED) is 0.683. The molecule has 4 heteroatoms. The number of hydrogen-bond donors (Lipinski definition) is 2. The summed E-state index contributed by atoms with van der Waals surface area (Å²) in [5.41, 5.74) is 5.83. The van der Waals surface area contributed by atoms with Gasteiger partial charge in [0.05, 0.1) is 12.3 Å². The average Bonchev–Trinajstić information content (AvgIpc) is 2.03. The zero-order valence-corrected chi connectivity index (χ0v) is 6.74. The molecular formula is C8H11FN2O. The van der Waals surface area contributed by atoms with Crippen molar-refractivity contribution in [2.75, 3.05) is 0 Å². The van der Waals surface area contributed by atoms with Crippen molar-refractivity contribution in [2.24, 2.45) is 5.73 Å². The van der Waals surface area contributed by atoms with Gasteiger partial charge in [0.2, 0.25) is 0 Å². The van der Waals surface area contributed by atoms with Crippen molar-refractivity contribution in [1.82, 2.24) is 4.98 Å². The van der Waals surface area contributed by atoms with Crippen molar-refractivity contribution in [3.8, 4) is 0 Å². The number of rotatable bonds is 2. The Labute approximate surface area is 70.0 Å². The van der Waals surface area contributed by atoms with Gasteiger partial charge >= 0.3 is 0 Å². The predicted octanol–water partition coefficient (Wildman–Crippen LogP) is 0.601. The maximum Gasteiger partial charge on any atom is 0.141 e. The molecule has 0 unspecified atom stereocenters. The Kier molecular flexibility index (Phi) is 2.73. The van der Waals surface area contributed by atoms with Crippen LogP contribution in [0.15, 0.2) is 18.5 Å². The molecule has 0 saturated heterocycles. The number of aliphatic hydroxyl groups is 1. The zero-order chi connectivity index (χ0) is 9.14. The number of pyridine rings is 1. The van der Waals surface area contributed by atoms with E-state index in [0.29, 0.717) is 5.56 Å². The standard InChI is InChI=1S/C8H11FN2O/c1-5(10)8(12)6-2-7(9)4-11-3-6/h2-5,8,12H,10H2,1H3/t5-,8+/m0/s1. The van der Waals surface area contributed by atoms with Crippen LogP contribution in [-0.2, 0) is 0 Å². The van der Waals surface area contributed by atoms with Crippen LogP contribution in [-0.4, -0.2) is 16.1 Å². The van der Waals surface area contributed by atoms with Crippen molar-refractivity contribution in [2.45, 2.75) is 19.1 Å². The molecule has 1 aromatic heterocycles. The first-order chi connectivity index (χ1) is 5.61. The second-order valence-electron chi connectivity index (χ2n) is 2.74. The van der Waals surface area contributed by atoms with Crippen LogP contribution < -0.4 is 5.73 Å². The van der Waals surface area contributed by atoms with Crippen molar-refractivity contribution in [3.05, 3.63) is 29.8 Å². The Hall–Kier alpha value is -1.00. The first-order valence-electron chi connectivity index (χ1n) is 3.65. The van der Waals surface area contributed by atoms with Crippen LogP contribution in [0, 0.1) is 5.82 Å².